The maximum Gasteiger partial charge on any atom is 0.253 e. The first kappa shape index (κ1) is 15.3. The third-order valence-corrected chi connectivity index (χ3v) is 4.35. The minimum atomic E-state index is -3.08. The summed E-state index contributed by atoms with van der Waals surface area (Å²) >= 11 is 0. The van der Waals surface area contributed by atoms with Gasteiger partial charge in [0.25, 0.3) is 5.91 Å². The van der Waals surface area contributed by atoms with Crippen LogP contribution in [0.3, 0.4) is 0 Å². The van der Waals surface area contributed by atoms with Crippen molar-refractivity contribution in [3.05, 3.63) is 23.8 Å². The lowest BCUT2D eigenvalue weighted by Gasteiger charge is -2.08. The predicted octanol–water partition coefficient (Wildman–Crippen LogP) is 0.442. The molecule has 0 aliphatic carbocycles. The molecule has 1 aromatic rings. The molecule has 1 aromatic carbocycles. The number of methoxy groups -OCH3 is 1. The van der Waals surface area contributed by atoms with Gasteiger partial charge in [0.05, 0.1) is 18.4 Å². The van der Waals surface area contributed by atoms with Crippen molar-refractivity contribution in [3.63, 3.8) is 0 Å². The van der Waals surface area contributed by atoms with E-state index in [9.17, 15) is 13.2 Å². The molecule has 0 radical (unpaired) electrons. The highest BCUT2D eigenvalue weighted by atomic mass is 32.2. The van der Waals surface area contributed by atoms with Crippen LogP contribution in [0, 0.1) is 0 Å². The van der Waals surface area contributed by atoms with Gasteiger partial charge in [-0.05, 0) is 12.1 Å². The molecule has 0 fully saturated rings. The van der Waals surface area contributed by atoms with E-state index in [1.807, 2.05) is 0 Å². The molecule has 3 N–H and O–H groups in total. The van der Waals surface area contributed by atoms with Crippen molar-refractivity contribution < 1.29 is 17.9 Å². The number of carbonyl (C=O) groups excluding carboxylic acids is 1. The molecule has 0 aromatic heterocycles. The van der Waals surface area contributed by atoms with Gasteiger partial charge in [0.2, 0.25) is 0 Å². The quantitative estimate of drug-likeness (QED) is 0.739. The van der Waals surface area contributed by atoms with Crippen molar-refractivity contribution in [2.45, 2.75) is 6.92 Å². The first-order chi connectivity index (χ1) is 8.89. The van der Waals surface area contributed by atoms with Gasteiger partial charge in [0.15, 0.2) is 9.84 Å². The molecular formula is C12H18N2O4S. The Morgan fingerprint density at radius 3 is 2.63 bits per heavy atom. The number of benzene rings is 1. The Labute approximate surface area is 112 Å². The molecule has 7 heteroatoms. The van der Waals surface area contributed by atoms with E-state index < -0.39 is 15.7 Å². The summed E-state index contributed by atoms with van der Waals surface area (Å²) in [5.74, 6) is 0.146. The van der Waals surface area contributed by atoms with Gasteiger partial charge in [-0.2, -0.15) is 0 Å². The van der Waals surface area contributed by atoms with Gasteiger partial charge in [-0.15, -0.1) is 0 Å². The molecule has 0 saturated heterocycles. The van der Waals surface area contributed by atoms with Gasteiger partial charge < -0.3 is 15.8 Å². The summed E-state index contributed by atoms with van der Waals surface area (Å²) < 4.78 is 27.5. The van der Waals surface area contributed by atoms with Crippen molar-refractivity contribution >= 4 is 21.4 Å². The molecule has 0 saturated carbocycles. The van der Waals surface area contributed by atoms with Crippen LogP contribution in [0.4, 0.5) is 5.69 Å². The zero-order valence-electron chi connectivity index (χ0n) is 11.0. The number of hydrogen-bond donors (Lipinski definition) is 2. The third-order valence-electron chi connectivity index (χ3n) is 2.64. The lowest BCUT2D eigenvalue weighted by atomic mass is 10.1. The van der Waals surface area contributed by atoms with Crippen molar-refractivity contribution in [1.82, 2.24) is 5.32 Å². The second kappa shape index (κ2) is 6.42. The SMILES string of the molecule is CCS(=O)(=O)CCNC(=O)c1ccc(OC)cc1N. The van der Waals surface area contributed by atoms with Crippen LogP contribution < -0.4 is 15.8 Å². The second-order valence-electron chi connectivity index (χ2n) is 3.95. The number of carbonyl (C=O) groups is 1. The molecule has 0 unspecified atom stereocenters. The maximum absolute atomic E-state index is 11.8. The van der Waals surface area contributed by atoms with Crippen LogP contribution >= 0.6 is 0 Å². The molecule has 19 heavy (non-hydrogen) atoms. The number of nitrogens with one attached hydrogen (secondary N) is 1. The molecule has 0 aliphatic rings. The Balaban J connectivity index is 2.64. The number of amides is 1. The Morgan fingerprint density at radius 2 is 2.11 bits per heavy atom. The number of nitrogen functional groups attached to an aromatic ring is 1. The number of anilines is 1. The molecule has 1 amide bonds. The number of hydrogen-bond acceptors (Lipinski definition) is 5. The molecule has 0 bridgehead atoms. The van der Waals surface area contributed by atoms with Gasteiger partial charge in [-0.1, -0.05) is 6.92 Å². The van der Waals surface area contributed by atoms with Crippen molar-refractivity contribution in [2.75, 3.05) is 30.9 Å². The van der Waals surface area contributed by atoms with Crippen LogP contribution in [0.1, 0.15) is 17.3 Å². The van der Waals surface area contributed by atoms with Crippen LogP contribution in [0.5, 0.6) is 5.75 Å². The molecule has 0 aliphatic heterocycles. The fourth-order valence-corrected chi connectivity index (χ4v) is 2.14. The minimum Gasteiger partial charge on any atom is -0.497 e. The van der Waals surface area contributed by atoms with Crippen LogP contribution in [-0.2, 0) is 9.84 Å². The second-order valence-corrected chi connectivity index (χ2v) is 6.42. The van der Waals surface area contributed by atoms with Crippen molar-refractivity contribution in [1.29, 1.82) is 0 Å². The summed E-state index contributed by atoms with van der Waals surface area (Å²) in [5.41, 5.74) is 6.31. The van der Waals surface area contributed by atoms with Crippen LogP contribution in [0.25, 0.3) is 0 Å². The molecule has 6 nitrogen and oxygen atoms in total. The van der Waals surface area contributed by atoms with E-state index in [1.54, 1.807) is 13.0 Å². The summed E-state index contributed by atoms with van der Waals surface area (Å²) in [6.45, 7) is 1.64. The smallest absolute Gasteiger partial charge is 0.253 e. The highest BCUT2D eigenvalue weighted by Crippen LogP contribution is 2.19. The normalized spacial score (nSPS) is 11.1. The summed E-state index contributed by atoms with van der Waals surface area (Å²) in [7, 11) is -1.58. The molecular weight excluding hydrogens is 268 g/mol. The lowest BCUT2D eigenvalue weighted by molar-refractivity contribution is 0.0957. The van der Waals surface area contributed by atoms with Gasteiger partial charge in [-0.25, -0.2) is 8.42 Å². The third kappa shape index (κ3) is 4.44. The maximum atomic E-state index is 11.8. The van der Waals surface area contributed by atoms with E-state index >= 15 is 0 Å². The minimum absolute atomic E-state index is 0.0630. The first-order valence-corrected chi connectivity index (χ1v) is 7.64. The molecule has 0 atom stereocenters. The van der Waals surface area contributed by atoms with Gasteiger partial charge in [0, 0.05) is 24.1 Å². The van der Waals surface area contributed by atoms with Gasteiger partial charge in [-0.3, -0.25) is 4.79 Å². The van der Waals surface area contributed by atoms with E-state index in [0.29, 0.717) is 11.3 Å². The predicted molar refractivity (Wildman–Crippen MR) is 74.1 cm³/mol. The highest BCUT2D eigenvalue weighted by Gasteiger charge is 2.12. The highest BCUT2D eigenvalue weighted by molar-refractivity contribution is 7.91. The number of sulfone groups is 1. The van der Waals surface area contributed by atoms with E-state index in [2.05, 4.69) is 5.32 Å². The van der Waals surface area contributed by atoms with Crippen LogP contribution in [0.15, 0.2) is 18.2 Å². The molecule has 106 valence electrons. The van der Waals surface area contributed by atoms with Crippen molar-refractivity contribution in [2.24, 2.45) is 0 Å². The Kier molecular flexibility index (Phi) is 5.17. The fraction of sp³-hybridized carbons (Fsp3) is 0.417. The van der Waals surface area contributed by atoms with E-state index in [-0.39, 0.29) is 23.7 Å². The van der Waals surface area contributed by atoms with Crippen molar-refractivity contribution in [3.8, 4) is 5.75 Å². The molecule has 1 rings (SSSR count). The standard InChI is InChI=1S/C12H18N2O4S/c1-3-19(16,17)7-6-14-12(15)10-5-4-9(18-2)8-11(10)13/h4-5,8H,3,6-7,13H2,1-2H3,(H,14,15). The zero-order valence-corrected chi connectivity index (χ0v) is 11.8. The summed E-state index contributed by atoms with van der Waals surface area (Å²) in [6, 6.07) is 4.70. The first-order valence-electron chi connectivity index (χ1n) is 5.81. The Bertz CT molecular complexity index is 555. The van der Waals surface area contributed by atoms with Crippen LogP contribution in [0.2, 0.25) is 0 Å². The number of nitrogens with two attached hydrogens (primary N) is 1. The summed E-state index contributed by atoms with van der Waals surface area (Å²) in [6.07, 6.45) is 0. The molecule has 0 heterocycles. The Morgan fingerprint density at radius 1 is 1.42 bits per heavy atom. The average molecular weight is 286 g/mol. The largest absolute Gasteiger partial charge is 0.497 e. The molecule has 0 spiro atoms. The van der Waals surface area contributed by atoms with Crippen LogP contribution in [-0.4, -0.2) is 39.5 Å². The van der Waals surface area contributed by atoms with Gasteiger partial charge in [0.1, 0.15) is 5.75 Å². The van der Waals surface area contributed by atoms with E-state index in [0.717, 1.165) is 0 Å². The topological polar surface area (TPSA) is 98.5 Å². The average Bonchev–Trinajstić information content (AvgIpc) is 2.38. The Hall–Kier alpha value is -1.76. The number of rotatable bonds is 6. The number of ether oxygens (including phenoxy) is 1. The fourth-order valence-electron chi connectivity index (χ4n) is 1.43. The van der Waals surface area contributed by atoms with E-state index in [4.69, 9.17) is 10.5 Å². The van der Waals surface area contributed by atoms with Gasteiger partial charge >= 0.3 is 0 Å². The monoisotopic (exact) mass is 286 g/mol. The zero-order chi connectivity index (χ0) is 14.5. The summed E-state index contributed by atoms with van der Waals surface area (Å²) in [4.78, 5) is 11.8. The summed E-state index contributed by atoms with van der Waals surface area (Å²) in [5, 5.41) is 2.53. The van der Waals surface area contributed by atoms with E-state index in [1.165, 1.54) is 19.2 Å². The lowest BCUT2D eigenvalue weighted by Crippen LogP contribution is -2.30.